The highest BCUT2D eigenvalue weighted by molar-refractivity contribution is 5.93. The second-order valence-corrected chi connectivity index (χ2v) is 6.51. The molecule has 0 radical (unpaired) electrons. The smallest absolute Gasteiger partial charge is 0.328 e. The molecule has 0 saturated heterocycles. The van der Waals surface area contributed by atoms with Gasteiger partial charge in [-0.3, -0.25) is 19.1 Å². The Morgan fingerprint density at radius 2 is 2.00 bits per heavy atom. The largest absolute Gasteiger partial charge is 0.497 e. The summed E-state index contributed by atoms with van der Waals surface area (Å²) in [5.74, 6) is 0.381. The topological polar surface area (TPSA) is 106 Å². The van der Waals surface area contributed by atoms with Crippen LogP contribution in [0.15, 0.2) is 64.3 Å². The number of H-pyrrole nitrogens is 1. The molecular weight excluding hydrogens is 372 g/mol. The Hall–Kier alpha value is -3.94. The fourth-order valence-corrected chi connectivity index (χ4v) is 3.14. The third-order valence-corrected chi connectivity index (χ3v) is 4.63. The van der Waals surface area contributed by atoms with Crippen molar-refractivity contribution in [3.63, 3.8) is 0 Å². The summed E-state index contributed by atoms with van der Waals surface area (Å²) in [5, 5.41) is 4.01. The highest BCUT2D eigenvalue weighted by Crippen LogP contribution is 2.21. The number of carbonyl (C=O) groups excluding carboxylic acids is 1. The molecule has 29 heavy (non-hydrogen) atoms. The number of ether oxygens (including phenoxy) is 1. The van der Waals surface area contributed by atoms with Gasteiger partial charge in [0.2, 0.25) is 5.91 Å². The number of hydrogen-bond acceptors (Lipinski definition) is 5. The van der Waals surface area contributed by atoms with Gasteiger partial charge < -0.3 is 15.0 Å². The monoisotopic (exact) mass is 390 g/mol. The Balaban J connectivity index is 1.49. The van der Waals surface area contributed by atoms with Gasteiger partial charge in [0.05, 0.1) is 35.4 Å². The van der Waals surface area contributed by atoms with Crippen LogP contribution in [-0.4, -0.2) is 27.6 Å². The maximum atomic E-state index is 12.5. The van der Waals surface area contributed by atoms with Crippen LogP contribution < -0.4 is 21.3 Å². The van der Waals surface area contributed by atoms with Crippen LogP contribution in [0, 0.1) is 0 Å². The van der Waals surface area contributed by atoms with Gasteiger partial charge in [-0.1, -0.05) is 12.1 Å². The van der Waals surface area contributed by atoms with Gasteiger partial charge in [-0.15, -0.1) is 0 Å². The molecule has 4 aromatic rings. The molecule has 4 rings (SSSR count). The molecule has 0 unspecified atom stereocenters. The lowest BCUT2D eigenvalue weighted by molar-refractivity contribution is -0.116. The summed E-state index contributed by atoms with van der Waals surface area (Å²) in [6, 6.07) is 14.0. The molecule has 0 aliphatic rings. The Bertz CT molecular complexity index is 1340. The van der Waals surface area contributed by atoms with E-state index < -0.39 is 11.2 Å². The van der Waals surface area contributed by atoms with Crippen LogP contribution in [0.3, 0.4) is 0 Å². The minimum Gasteiger partial charge on any atom is -0.497 e. The average Bonchev–Trinajstić information content (AvgIpc) is 2.73. The van der Waals surface area contributed by atoms with Crippen molar-refractivity contribution in [2.24, 2.45) is 0 Å². The maximum absolute atomic E-state index is 12.5. The summed E-state index contributed by atoms with van der Waals surface area (Å²) in [4.78, 5) is 44.0. The maximum Gasteiger partial charge on any atom is 0.328 e. The van der Waals surface area contributed by atoms with E-state index in [0.717, 1.165) is 15.5 Å². The molecule has 8 heteroatoms. The van der Waals surface area contributed by atoms with Gasteiger partial charge in [0.25, 0.3) is 5.56 Å². The van der Waals surface area contributed by atoms with E-state index in [-0.39, 0.29) is 18.9 Å². The number of nitrogens with one attached hydrogen (secondary N) is 2. The number of carbonyl (C=O) groups is 1. The first kappa shape index (κ1) is 18.4. The van der Waals surface area contributed by atoms with Crippen LogP contribution >= 0.6 is 0 Å². The minimum atomic E-state index is -0.539. The second-order valence-electron chi connectivity index (χ2n) is 6.51. The van der Waals surface area contributed by atoms with Crippen LogP contribution in [0.1, 0.15) is 6.42 Å². The van der Waals surface area contributed by atoms with Crippen molar-refractivity contribution in [3.05, 3.63) is 75.6 Å². The predicted molar refractivity (Wildman–Crippen MR) is 110 cm³/mol. The summed E-state index contributed by atoms with van der Waals surface area (Å²) in [6.45, 7) is -0.0248. The van der Waals surface area contributed by atoms with Crippen LogP contribution in [-0.2, 0) is 11.3 Å². The zero-order valence-corrected chi connectivity index (χ0v) is 15.6. The van der Waals surface area contributed by atoms with Crippen molar-refractivity contribution in [3.8, 4) is 5.75 Å². The van der Waals surface area contributed by atoms with E-state index in [2.05, 4.69) is 15.3 Å². The fourth-order valence-electron chi connectivity index (χ4n) is 3.14. The molecule has 0 aliphatic heterocycles. The molecule has 0 fully saturated rings. The molecular formula is C21H18N4O4. The number of anilines is 1. The summed E-state index contributed by atoms with van der Waals surface area (Å²) < 4.78 is 6.21. The van der Waals surface area contributed by atoms with E-state index in [1.54, 1.807) is 49.7 Å². The predicted octanol–water partition coefficient (Wildman–Crippen LogP) is 2.28. The van der Waals surface area contributed by atoms with Crippen LogP contribution in [0.4, 0.5) is 5.69 Å². The van der Waals surface area contributed by atoms with Crippen molar-refractivity contribution in [2.45, 2.75) is 13.0 Å². The standard InChI is InChI=1S/C21H18N4O4/c1-29-15-7-6-13-10-14(12-22-18(13)11-15)23-19(26)8-9-25-20(27)16-4-2-3-5-17(16)24-21(25)28/h2-7,10-12H,8-9H2,1H3,(H,23,26)(H,24,28). The quantitative estimate of drug-likeness (QED) is 0.544. The third kappa shape index (κ3) is 3.73. The molecule has 2 heterocycles. The lowest BCUT2D eigenvalue weighted by atomic mass is 10.2. The fraction of sp³-hybridized carbons (Fsp3) is 0.143. The number of pyridine rings is 1. The Morgan fingerprint density at radius 3 is 2.83 bits per heavy atom. The lowest BCUT2D eigenvalue weighted by Crippen LogP contribution is -2.36. The minimum absolute atomic E-state index is 0.0248. The summed E-state index contributed by atoms with van der Waals surface area (Å²) in [6.07, 6.45) is 1.52. The van der Waals surface area contributed by atoms with Gasteiger partial charge in [0.15, 0.2) is 0 Å². The molecule has 0 saturated carbocycles. The first-order chi connectivity index (χ1) is 14.0. The zero-order valence-electron chi connectivity index (χ0n) is 15.6. The summed E-state index contributed by atoms with van der Waals surface area (Å²) in [7, 11) is 1.59. The van der Waals surface area contributed by atoms with Gasteiger partial charge in [-0.05, 0) is 30.3 Å². The molecule has 2 N–H and O–H groups in total. The summed E-state index contributed by atoms with van der Waals surface area (Å²) >= 11 is 0. The van der Waals surface area contributed by atoms with Crippen molar-refractivity contribution < 1.29 is 9.53 Å². The van der Waals surface area contributed by atoms with Gasteiger partial charge in [0, 0.05) is 24.4 Å². The molecule has 0 bridgehead atoms. The molecule has 2 aromatic carbocycles. The number of aromatic nitrogens is 3. The van der Waals surface area contributed by atoms with E-state index in [1.807, 2.05) is 12.1 Å². The normalized spacial score (nSPS) is 10.9. The van der Waals surface area contributed by atoms with Crippen molar-refractivity contribution in [2.75, 3.05) is 12.4 Å². The molecule has 1 amide bonds. The molecule has 2 aromatic heterocycles. The molecule has 146 valence electrons. The highest BCUT2D eigenvalue weighted by Gasteiger charge is 2.10. The Morgan fingerprint density at radius 1 is 1.17 bits per heavy atom. The van der Waals surface area contributed by atoms with E-state index in [9.17, 15) is 14.4 Å². The SMILES string of the molecule is COc1ccc2cc(NC(=O)CCn3c(=O)[nH]c4ccccc4c3=O)cnc2c1. The zero-order chi connectivity index (χ0) is 20.4. The number of fused-ring (bicyclic) bond motifs is 2. The van der Waals surface area contributed by atoms with E-state index in [0.29, 0.717) is 22.3 Å². The number of nitrogens with zero attached hydrogens (tertiary/aromatic N) is 2. The number of methoxy groups -OCH3 is 1. The van der Waals surface area contributed by atoms with Crippen molar-refractivity contribution >= 4 is 33.4 Å². The van der Waals surface area contributed by atoms with E-state index >= 15 is 0 Å². The number of para-hydroxylation sites is 1. The first-order valence-corrected chi connectivity index (χ1v) is 9.00. The molecule has 0 aliphatic carbocycles. The average molecular weight is 390 g/mol. The number of benzene rings is 2. The lowest BCUT2D eigenvalue weighted by Gasteiger charge is -2.08. The third-order valence-electron chi connectivity index (χ3n) is 4.63. The number of amides is 1. The summed E-state index contributed by atoms with van der Waals surface area (Å²) in [5.41, 5.74) is 0.799. The van der Waals surface area contributed by atoms with Gasteiger partial charge in [-0.25, -0.2) is 4.79 Å². The van der Waals surface area contributed by atoms with Gasteiger partial charge in [0.1, 0.15) is 5.75 Å². The number of aromatic amines is 1. The van der Waals surface area contributed by atoms with Crippen LogP contribution in [0.25, 0.3) is 21.8 Å². The molecule has 8 nitrogen and oxygen atoms in total. The first-order valence-electron chi connectivity index (χ1n) is 9.00. The van der Waals surface area contributed by atoms with E-state index in [4.69, 9.17) is 4.74 Å². The highest BCUT2D eigenvalue weighted by atomic mass is 16.5. The Kier molecular flexibility index (Phi) is 4.82. The van der Waals surface area contributed by atoms with Crippen LogP contribution in [0.5, 0.6) is 5.75 Å². The number of hydrogen-bond donors (Lipinski definition) is 2. The van der Waals surface area contributed by atoms with Gasteiger partial charge >= 0.3 is 5.69 Å². The molecule has 0 spiro atoms. The molecule has 0 atom stereocenters. The van der Waals surface area contributed by atoms with Gasteiger partial charge in [-0.2, -0.15) is 0 Å². The Labute approximate surface area is 164 Å². The van der Waals surface area contributed by atoms with E-state index in [1.165, 1.54) is 0 Å². The number of rotatable bonds is 5. The van der Waals surface area contributed by atoms with Crippen LogP contribution in [0.2, 0.25) is 0 Å². The van der Waals surface area contributed by atoms with Crippen molar-refractivity contribution in [1.82, 2.24) is 14.5 Å². The van der Waals surface area contributed by atoms with Crippen molar-refractivity contribution in [1.29, 1.82) is 0 Å². The second kappa shape index (κ2) is 7.59.